The highest BCUT2D eigenvalue weighted by Gasteiger charge is 2.26. The fourth-order valence-electron chi connectivity index (χ4n) is 1.56. The van der Waals surface area contributed by atoms with Gasteiger partial charge < -0.3 is 15.8 Å². The molecule has 5 nitrogen and oxygen atoms in total. The molecule has 0 aliphatic carbocycles. The summed E-state index contributed by atoms with van der Waals surface area (Å²) in [6.07, 6.45) is 0. The van der Waals surface area contributed by atoms with Crippen LogP contribution in [0.4, 0.5) is 5.69 Å². The minimum absolute atomic E-state index is 0.0936. The molecule has 6 heteroatoms. The SMILES string of the molecule is COC(=O)C(NC(=O)c1ccc(N)cc1Cl)C(C)C. The number of hydrogen-bond acceptors (Lipinski definition) is 4. The minimum Gasteiger partial charge on any atom is -0.467 e. The highest BCUT2D eigenvalue weighted by molar-refractivity contribution is 6.34. The molecule has 1 rings (SSSR count). The Hall–Kier alpha value is -1.75. The lowest BCUT2D eigenvalue weighted by Gasteiger charge is -2.20. The first-order valence-electron chi connectivity index (χ1n) is 5.80. The molecule has 0 saturated carbocycles. The number of benzene rings is 1. The summed E-state index contributed by atoms with van der Waals surface area (Å²) in [5.41, 5.74) is 6.29. The summed E-state index contributed by atoms with van der Waals surface area (Å²) >= 11 is 5.94. The number of hydrogen-bond donors (Lipinski definition) is 2. The monoisotopic (exact) mass is 284 g/mol. The molecular weight excluding hydrogens is 268 g/mol. The number of carbonyl (C=O) groups excluding carboxylic acids is 2. The molecule has 19 heavy (non-hydrogen) atoms. The van der Waals surface area contributed by atoms with E-state index in [1.165, 1.54) is 19.2 Å². The number of anilines is 1. The van der Waals surface area contributed by atoms with Crippen LogP contribution in [0.3, 0.4) is 0 Å². The standard InChI is InChI=1S/C13H17ClN2O3/c1-7(2)11(13(18)19-3)16-12(17)9-5-4-8(15)6-10(9)14/h4-7,11H,15H2,1-3H3,(H,16,17). The summed E-state index contributed by atoms with van der Waals surface area (Å²) in [5.74, 6) is -1.02. The molecule has 0 aliphatic rings. The second-order valence-corrected chi connectivity index (χ2v) is 4.86. The van der Waals surface area contributed by atoms with E-state index in [2.05, 4.69) is 10.1 Å². The number of esters is 1. The number of ether oxygens (including phenoxy) is 1. The Balaban J connectivity index is 2.91. The number of amides is 1. The lowest BCUT2D eigenvalue weighted by molar-refractivity contribution is -0.144. The van der Waals surface area contributed by atoms with Crippen LogP contribution in [-0.4, -0.2) is 25.0 Å². The van der Waals surface area contributed by atoms with Gasteiger partial charge in [-0.2, -0.15) is 0 Å². The fourth-order valence-corrected chi connectivity index (χ4v) is 1.83. The summed E-state index contributed by atoms with van der Waals surface area (Å²) < 4.78 is 4.65. The third-order valence-electron chi connectivity index (χ3n) is 2.65. The van der Waals surface area contributed by atoms with E-state index in [1.807, 2.05) is 13.8 Å². The van der Waals surface area contributed by atoms with E-state index in [1.54, 1.807) is 6.07 Å². The smallest absolute Gasteiger partial charge is 0.328 e. The van der Waals surface area contributed by atoms with Gasteiger partial charge in [-0.15, -0.1) is 0 Å². The highest BCUT2D eigenvalue weighted by atomic mass is 35.5. The number of nitrogen functional groups attached to an aromatic ring is 1. The third-order valence-corrected chi connectivity index (χ3v) is 2.96. The van der Waals surface area contributed by atoms with E-state index in [0.717, 1.165) is 0 Å². The van der Waals surface area contributed by atoms with Crippen LogP contribution in [0.2, 0.25) is 5.02 Å². The maximum atomic E-state index is 12.1. The van der Waals surface area contributed by atoms with Crippen LogP contribution in [0.1, 0.15) is 24.2 Å². The van der Waals surface area contributed by atoms with Gasteiger partial charge in [0.1, 0.15) is 6.04 Å². The third kappa shape index (κ3) is 3.86. The molecule has 104 valence electrons. The topological polar surface area (TPSA) is 81.4 Å². The van der Waals surface area contributed by atoms with Gasteiger partial charge in [0.05, 0.1) is 17.7 Å². The highest BCUT2D eigenvalue weighted by Crippen LogP contribution is 2.19. The first-order valence-corrected chi connectivity index (χ1v) is 6.18. The molecule has 0 saturated heterocycles. The lowest BCUT2D eigenvalue weighted by atomic mass is 10.0. The number of methoxy groups -OCH3 is 1. The molecule has 1 aromatic rings. The molecule has 1 unspecified atom stereocenters. The van der Waals surface area contributed by atoms with Gasteiger partial charge in [-0.3, -0.25) is 4.79 Å². The molecule has 1 atom stereocenters. The van der Waals surface area contributed by atoms with E-state index >= 15 is 0 Å². The predicted molar refractivity (Wildman–Crippen MR) is 74.0 cm³/mol. The molecule has 0 aromatic heterocycles. The van der Waals surface area contributed by atoms with Gasteiger partial charge in [0.2, 0.25) is 0 Å². The molecule has 0 heterocycles. The number of nitrogens with one attached hydrogen (secondary N) is 1. The Morgan fingerprint density at radius 1 is 1.37 bits per heavy atom. The van der Waals surface area contributed by atoms with Crippen LogP contribution in [0.25, 0.3) is 0 Å². The Morgan fingerprint density at radius 2 is 2.00 bits per heavy atom. The molecule has 1 aromatic carbocycles. The zero-order chi connectivity index (χ0) is 14.6. The molecule has 0 bridgehead atoms. The van der Waals surface area contributed by atoms with E-state index in [9.17, 15) is 9.59 Å². The number of rotatable bonds is 4. The van der Waals surface area contributed by atoms with Crippen LogP contribution in [0, 0.1) is 5.92 Å². The largest absolute Gasteiger partial charge is 0.467 e. The van der Waals surface area contributed by atoms with Crippen LogP contribution < -0.4 is 11.1 Å². The van der Waals surface area contributed by atoms with Gasteiger partial charge in [-0.05, 0) is 24.1 Å². The van der Waals surface area contributed by atoms with Crippen LogP contribution >= 0.6 is 11.6 Å². The Kier molecular flexibility index (Phi) is 5.18. The van der Waals surface area contributed by atoms with Gasteiger partial charge in [0.15, 0.2) is 0 Å². The van der Waals surface area contributed by atoms with Crippen molar-refractivity contribution in [2.75, 3.05) is 12.8 Å². The molecule has 0 aliphatic heterocycles. The maximum absolute atomic E-state index is 12.1. The number of carbonyl (C=O) groups is 2. The average Bonchev–Trinajstić information content (AvgIpc) is 2.34. The van der Waals surface area contributed by atoms with Crippen molar-refractivity contribution in [2.24, 2.45) is 5.92 Å². The van der Waals surface area contributed by atoms with Crippen molar-refractivity contribution in [2.45, 2.75) is 19.9 Å². The molecule has 3 N–H and O–H groups in total. The van der Waals surface area contributed by atoms with Crippen LogP contribution in [0.5, 0.6) is 0 Å². The molecular formula is C13H17ClN2O3. The van der Waals surface area contributed by atoms with Gasteiger partial charge in [0.25, 0.3) is 5.91 Å². The van der Waals surface area contributed by atoms with Gasteiger partial charge in [-0.1, -0.05) is 25.4 Å². The minimum atomic E-state index is -0.717. The maximum Gasteiger partial charge on any atom is 0.328 e. The zero-order valence-electron chi connectivity index (χ0n) is 11.1. The first-order chi connectivity index (χ1) is 8.86. The number of halogens is 1. The lowest BCUT2D eigenvalue weighted by Crippen LogP contribution is -2.45. The summed E-state index contributed by atoms with van der Waals surface area (Å²) in [6.45, 7) is 3.62. The van der Waals surface area contributed by atoms with Crippen LogP contribution in [-0.2, 0) is 9.53 Å². The van der Waals surface area contributed by atoms with Crippen molar-refractivity contribution in [3.8, 4) is 0 Å². The fraction of sp³-hybridized carbons (Fsp3) is 0.385. The van der Waals surface area contributed by atoms with Crippen molar-refractivity contribution in [3.05, 3.63) is 28.8 Å². The normalized spacial score (nSPS) is 12.1. The van der Waals surface area contributed by atoms with Crippen molar-refractivity contribution in [1.82, 2.24) is 5.32 Å². The van der Waals surface area contributed by atoms with E-state index in [0.29, 0.717) is 5.69 Å². The van der Waals surface area contributed by atoms with E-state index < -0.39 is 17.9 Å². The Morgan fingerprint density at radius 3 is 2.47 bits per heavy atom. The van der Waals surface area contributed by atoms with Crippen molar-refractivity contribution < 1.29 is 14.3 Å². The van der Waals surface area contributed by atoms with Crippen molar-refractivity contribution in [3.63, 3.8) is 0 Å². The second kappa shape index (κ2) is 6.43. The quantitative estimate of drug-likeness (QED) is 0.653. The molecule has 0 radical (unpaired) electrons. The second-order valence-electron chi connectivity index (χ2n) is 4.46. The first kappa shape index (κ1) is 15.3. The zero-order valence-corrected chi connectivity index (χ0v) is 11.8. The number of nitrogens with two attached hydrogens (primary N) is 1. The summed E-state index contributed by atoms with van der Waals surface area (Å²) in [5, 5.41) is 2.85. The summed E-state index contributed by atoms with van der Waals surface area (Å²) in [6, 6.07) is 3.86. The van der Waals surface area contributed by atoms with E-state index in [4.69, 9.17) is 17.3 Å². The van der Waals surface area contributed by atoms with Crippen LogP contribution in [0.15, 0.2) is 18.2 Å². The van der Waals surface area contributed by atoms with Gasteiger partial charge >= 0.3 is 5.97 Å². The predicted octanol–water partition coefficient (Wildman–Crippen LogP) is 1.85. The van der Waals surface area contributed by atoms with Crippen molar-refractivity contribution >= 4 is 29.2 Å². The molecule has 0 spiro atoms. The van der Waals surface area contributed by atoms with E-state index in [-0.39, 0.29) is 16.5 Å². The van der Waals surface area contributed by atoms with Gasteiger partial charge in [-0.25, -0.2) is 4.79 Å². The Bertz CT molecular complexity index is 489. The molecule has 1 amide bonds. The van der Waals surface area contributed by atoms with Gasteiger partial charge in [0, 0.05) is 5.69 Å². The molecule has 0 fully saturated rings. The summed E-state index contributed by atoms with van der Waals surface area (Å²) in [7, 11) is 1.28. The summed E-state index contributed by atoms with van der Waals surface area (Å²) in [4.78, 5) is 23.6. The Labute approximate surface area is 117 Å². The average molecular weight is 285 g/mol. The van der Waals surface area contributed by atoms with Crippen molar-refractivity contribution in [1.29, 1.82) is 0 Å².